The topological polar surface area (TPSA) is 91.4 Å². The van der Waals surface area contributed by atoms with Gasteiger partial charge < -0.3 is 10.6 Å². The predicted octanol–water partition coefficient (Wildman–Crippen LogP) is 4.85. The van der Waals surface area contributed by atoms with Crippen LogP contribution in [0.2, 0.25) is 5.02 Å². The van der Waals surface area contributed by atoms with E-state index in [-0.39, 0.29) is 22.4 Å². The van der Waals surface area contributed by atoms with Gasteiger partial charge in [-0.2, -0.15) is 4.31 Å². The third-order valence-electron chi connectivity index (χ3n) is 4.77. The molecule has 32 heavy (non-hydrogen) atoms. The minimum Gasteiger partial charge on any atom is -0.376 e. The number of amides is 1. The van der Waals surface area contributed by atoms with Gasteiger partial charge in [-0.25, -0.2) is 13.4 Å². The highest BCUT2D eigenvalue weighted by Gasteiger charge is 2.24. The standard InChI is InChI=1S/C22H25ClN4O3S2/c1-4-27(5-2)32(29,30)21-12-17(9-10-19(21)23)24-13-22(28)26-18-8-6-7-16(11-18)20-14-31-15(3)25-20/h6-12,14,24H,4-5,13H2,1-3H3,(H,26,28). The number of carbonyl (C=O) groups excluding carboxylic acids is 1. The molecule has 0 radical (unpaired) electrons. The van der Waals surface area contributed by atoms with E-state index in [9.17, 15) is 13.2 Å². The molecular formula is C22H25ClN4O3S2. The number of hydrogen-bond donors (Lipinski definition) is 2. The largest absolute Gasteiger partial charge is 0.376 e. The van der Waals surface area contributed by atoms with E-state index >= 15 is 0 Å². The molecule has 0 saturated carbocycles. The predicted molar refractivity (Wildman–Crippen MR) is 131 cm³/mol. The Kier molecular flexibility index (Phi) is 7.89. The van der Waals surface area contributed by atoms with Crippen LogP contribution in [0, 0.1) is 6.92 Å². The Morgan fingerprint density at radius 1 is 1.12 bits per heavy atom. The Balaban J connectivity index is 1.68. The average Bonchev–Trinajstić information content (AvgIpc) is 3.20. The van der Waals surface area contributed by atoms with E-state index in [1.54, 1.807) is 37.3 Å². The molecule has 10 heteroatoms. The van der Waals surface area contributed by atoms with Crippen LogP contribution in [-0.2, 0) is 14.8 Å². The van der Waals surface area contributed by atoms with E-state index < -0.39 is 10.0 Å². The summed E-state index contributed by atoms with van der Waals surface area (Å²) in [5.74, 6) is -0.264. The molecule has 1 amide bonds. The first-order chi connectivity index (χ1) is 15.2. The Labute approximate surface area is 197 Å². The van der Waals surface area contributed by atoms with Crippen LogP contribution in [0.3, 0.4) is 0 Å². The molecule has 3 aromatic rings. The van der Waals surface area contributed by atoms with Crippen LogP contribution in [-0.4, -0.2) is 43.2 Å². The van der Waals surface area contributed by atoms with Crippen molar-refractivity contribution in [2.75, 3.05) is 30.3 Å². The van der Waals surface area contributed by atoms with Gasteiger partial charge in [0.25, 0.3) is 0 Å². The molecule has 0 fully saturated rings. The van der Waals surface area contributed by atoms with Gasteiger partial charge in [0.05, 0.1) is 22.3 Å². The first kappa shape index (κ1) is 24.2. The second kappa shape index (κ2) is 10.4. The summed E-state index contributed by atoms with van der Waals surface area (Å²) in [7, 11) is -3.72. The summed E-state index contributed by atoms with van der Waals surface area (Å²) in [6, 6.07) is 12.1. The summed E-state index contributed by atoms with van der Waals surface area (Å²) in [5.41, 5.74) is 2.93. The molecule has 1 heterocycles. The molecule has 0 aliphatic heterocycles. The van der Waals surface area contributed by atoms with E-state index in [0.717, 1.165) is 16.3 Å². The molecule has 0 bridgehead atoms. The maximum atomic E-state index is 12.8. The summed E-state index contributed by atoms with van der Waals surface area (Å²) in [6.45, 7) is 6.13. The van der Waals surface area contributed by atoms with Crippen LogP contribution in [0.4, 0.5) is 11.4 Å². The average molecular weight is 493 g/mol. The number of nitrogens with one attached hydrogen (secondary N) is 2. The molecule has 0 saturated heterocycles. The molecule has 3 rings (SSSR count). The van der Waals surface area contributed by atoms with E-state index in [1.807, 2.05) is 30.5 Å². The molecule has 1 aromatic heterocycles. The molecule has 0 unspecified atom stereocenters. The molecule has 0 spiro atoms. The first-order valence-electron chi connectivity index (χ1n) is 10.1. The van der Waals surface area contributed by atoms with Crippen molar-refractivity contribution in [3.63, 3.8) is 0 Å². The van der Waals surface area contributed by atoms with Gasteiger partial charge in [0.1, 0.15) is 4.90 Å². The Bertz CT molecular complexity index is 1210. The highest BCUT2D eigenvalue weighted by Crippen LogP contribution is 2.28. The number of hydrogen-bond acceptors (Lipinski definition) is 6. The van der Waals surface area contributed by atoms with Crippen LogP contribution >= 0.6 is 22.9 Å². The van der Waals surface area contributed by atoms with Crippen LogP contribution in [0.15, 0.2) is 52.7 Å². The fourth-order valence-electron chi connectivity index (χ4n) is 3.15. The van der Waals surface area contributed by atoms with E-state index in [1.165, 1.54) is 16.4 Å². The number of aromatic nitrogens is 1. The smallest absolute Gasteiger partial charge is 0.244 e. The summed E-state index contributed by atoms with van der Waals surface area (Å²) >= 11 is 7.73. The first-order valence-corrected chi connectivity index (χ1v) is 12.8. The Morgan fingerprint density at radius 2 is 1.88 bits per heavy atom. The minimum absolute atomic E-state index is 0.0135. The van der Waals surface area contributed by atoms with E-state index in [2.05, 4.69) is 15.6 Å². The van der Waals surface area contributed by atoms with Gasteiger partial charge >= 0.3 is 0 Å². The second-order valence-corrected chi connectivity index (χ2v) is 10.3. The van der Waals surface area contributed by atoms with Gasteiger partial charge in [0, 0.05) is 35.4 Å². The molecule has 0 aliphatic rings. The highest BCUT2D eigenvalue weighted by molar-refractivity contribution is 7.89. The SMILES string of the molecule is CCN(CC)S(=O)(=O)c1cc(NCC(=O)Nc2cccc(-c3csc(C)n3)c2)ccc1Cl. The van der Waals surface area contributed by atoms with Crippen molar-refractivity contribution in [3.8, 4) is 11.3 Å². The monoisotopic (exact) mass is 492 g/mol. The molecular weight excluding hydrogens is 468 g/mol. The van der Waals surface area contributed by atoms with Crippen molar-refractivity contribution >= 4 is 50.2 Å². The number of carbonyl (C=O) groups is 1. The van der Waals surface area contributed by atoms with Crippen molar-refractivity contribution in [2.24, 2.45) is 0 Å². The lowest BCUT2D eigenvalue weighted by Gasteiger charge is -2.20. The number of thiazole rings is 1. The van der Waals surface area contributed by atoms with Gasteiger partial charge in [0.2, 0.25) is 15.9 Å². The Hall–Kier alpha value is -2.46. The van der Waals surface area contributed by atoms with Crippen LogP contribution < -0.4 is 10.6 Å². The molecule has 2 aromatic carbocycles. The van der Waals surface area contributed by atoms with Crippen LogP contribution in [0.1, 0.15) is 18.9 Å². The van der Waals surface area contributed by atoms with Crippen molar-refractivity contribution in [2.45, 2.75) is 25.7 Å². The maximum absolute atomic E-state index is 12.8. The van der Waals surface area contributed by atoms with Gasteiger partial charge in [-0.05, 0) is 37.3 Å². The fraction of sp³-hybridized carbons (Fsp3) is 0.273. The zero-order valence-corrected chi connectivity index (χ0v) is 20.4. The zero-order chi connectivity index (χ0) is 23.3. The summed E-state index contributed by atoms with van der Waals surface area (Å²) in [4.78, 5) is 16.9. The van der Waals surface area contributed by atoms with Crippen molar-refractivity contribution in [1.29, 1.82) is 0 Å². The Morgan fingerprint density at radius 3 is 2.53 bits per heavy atom. The van der Waals surface area contributed by atoms with Gasteiger partial charge in [-0.1, -0.05) is 37.6 Å². The summed E-state index contributed by atoms with van der Waals surface area (Å²) in [5, 5.41) is 8.90. The third kappa shape index (κ3) is 5.66. The molecule has 7 nitrogen and oxygen atoms in total. The van der Waals surface area contributed by atoms with Crippen molar-refractivity contribution in [3.05, 3.63) is 57.9 Å². The third-order valence-corrected chi connectivity index (χ3v) is 8.07. The van der Waals surface area contributed by atoms with Crippen molar-refractivity contribution < 1.29 is 13.2 Å². The van der Waals surface area contributed by atoms with E-state index in [0.29, 0.717) is 24.5 Å². The summed E-state index contributed by atoms with van der Waals surface area (Å²) < 4.78 is 27.0. The normalized spacial score (nSPS) is 11.5. The number of anilines is 2. The number of halogens is 1. The maximum Gasteiger partial charge on any atom is 0.244 e. The van der Waals surface area contributed by atoms with Crippen LogP contribution in [0.25, 0.3) is 11.3 Å². The molecule has 2 N–H and O–H groups in total. The lowest BCUT2D eigenvalue weighted by Crippen LogP contribution is -2.31. The fourth-order valence-corrected chi connectivity index (χ4v) is 5.73. The zero-order valence-electron chi connectivity index (χ0n) is 18.1. The lowest BCUT2D eigenvalue weighted by molar-refractivity contribution is -0.114. The number of nitrogens with zero attached hydrogens (tertiary/aromatic N) is 2. The molecule has 170 valence electrons. The van der Waals surface area contributed by atoms with Crippen LogP contribution in [0.5, 0.6) is 0 Å². The number of rotatable bonds is 9. The number of benzene rings is 2. The molecule has 0 aliphatic carbocycles. The number of sulfonamides is 1. The minimum atomic E-state index is -3.72. The van der Waals surface area contributed by atoms with E-state index in [4.69, 9.17) is 11.6 Å². The quantitative estimate of drug-likeness (QED) is 0.445. The van der Waals surface area contributed by atoms with Gasteiger partial charge in [-0.3, -0.25) is 4.79 Å². The molecule has 0 atom stereocenters. The highest BCUT2D eigenvalue weighted by atomic mass is 35.5. The lowest BCUT2D eigenvalue weighted by atomic mass is 10.1. The van der Waals surface area contributed by atoms with Crippen molar-refractivity contribution in [1.82, 2.24) is 9.29 Å². The summed E-state index contributed by atoms with van der Waals surface area (Å²) in [6.07, 6.45) is 0. The number of aryl methyl sites for hydroxylation is 1. The van der Waals surface area contributed by atoms with Gasteiger partial charge in [-0.15, -0.1) is 11.3 Å². The van der Waals surface area contributed by atoms with Gasteiger partial charge in [0.15, 0.2) is 0 Å². The second-order valence-electron chi connectivity index (χ2n) is 6.97.